The molecule has 3 heteroatoms. The van der Waals surface area contributed by atoms with Gasteiger partial charge in [0, 0.05) is 31.2 Å². The molecule has 0 aromatic heterocycles. The van der Waals surface area contributed by atoms with Crippen molar-refractivity contribution in [3.05, 3.63) is 0 Å². The van der Waals surface area contributed by atoms with Gasteiger partial charge in [0.25, 0.3) is 0 Å². The lowest BCUT2D eigenvalue weighted by Crippen LogP contribution is -2.62. The highest BCUT2D eigenvalue weighted by Crippen LogP contribution is 2.20. The zero-order valence-electron chi connectivity index (χ0n) is 10.5. The van der Waals surface area contributed by atoms with Crippen LogP contribution in [0, 0.1) is 5.92 Å². The molecule has 1 N–H and O–H groups in total. The van der Waals surface area contributed by atoms with Crippen LogP contribution in [0.25, 0.3) is 0 Å². The molecule has 0 aromatic rings. The maximum atomic E-state index is 12.4. The van der Waals surface area contributed by atoms with E-state index in [4.69, 9.17) is 0 Å². The molecule has 0 radical (unpaired) electrons. The highest BCUT2D eigenvalue weighted by Gasteiger charge is 2.33. The fourth-order valence-electron chi connectivity index (χ4n) is 2.31. The van der Waals surface area contributed by atoms with Crippen LogP contribution in [0.4, 0.5) is 4.39 Å². The number of piperazine rings is 1. The number of hydrogen-bond acceptors (Lipinski definition) is 2. The summed E-state index contributed by atoms with van der Waals surface area (Å²) < 4.78 is 12.4. The van der Waals surface area contributed by atoms with Crippen molar-refractivity contribution in [3.8, 4) is 0 Å². The Balaban J connectivity index is 2.50. The van der Waals surface area contributed by atoms with Crippen LogP contribution >= 0.6 is 0 Å². The van der Waals surface area contributed by atoms with Crippen molar-refractivity contribution in [2.45, 2.75) is 45.7 Å². The van der Waals surface area contributed by atoms with E-state index in [0.717, 1.165) is 13.1 Å². The number of halogens is 1. The van der Waals surface area contributed by atoms with E-state index in [2.05, 4.69) is 37.9 Å². The molecule has 1 aliphatic heterocycles. The lowest BCUT2D eigenvalue weighted by atomic mass is 9.94. The summed E-state index contributed by atoms with van der Waals surface area (Å²) >= 11 is 0. The van der Waals surface area contributed by atoms with Gasteiger partial charge in [-0.25, -0.2) is 4.39 Å². The van der Waals surface area contributed by atoms with Crippen molar-refractivity contribution >= 4 is 0 Å². The van der Waals surface area contributed by atoms with Crippen LogP contribution in [0.2, 0.25) is 0 Å². The van der Waals surface area contributed by atoms with Gasteiger partial charge >= 0.3 is 0 Å². The number of alkyl halides is 1. The molecule has 1 unspecified atom stereocenters. The minimum atomic E-state index is -0.238. The average molecular weight is 216 g/mol. The lowest BCUT2D eigenvalue weighted by Gasteiger charge is -2.46. The monoisotopic (exact) mass is 216 g/mol. The van der Waals surface area contributed by atoms with E-state index in [9.17, 15) is 4.39 Å². The maximum absolute atomic E-state index is 12.4. The van der Waals surface area contributed by atoms with E-state index in [1.807, 2.05) is 0 Å². The molecule has 1 fully saturated rings. The van der Waals surface area contributed by atoms with Crippen molar-refractivity contribution in [1.82, 2.24) is 10.2 Å². The van der Waals surface area contributed by atoms with E-state index in [1.165, 1.54) is 6.42 Å². The SMILES string of the molecule is CC(C)CC1CN(CCF)C(C)(C)CN1. The summed E-state index contributed by atoms with van der Waals surface area (Å²) in [7, 11) is 0. The van der Waals surface area contributed by atoms with Crippen LogP contribution in [0.1, 0.15) is 34.1 Å². The first-order valence-corrected chi connectivity index (χ1v) is 6.00. The first-order valence-electron chi connectivity index (χ1n) is 6.00. The Hall–Kier alpha value is -0.150. The van der Waals surface area contributed by atoms with E-state index in [-0.39, 0.29) is 12.2 Å². The highest BCUT2D eigenvalue weighted by atomic mass is 19.1. The fourth-order valence-corrected chi connectivity index (χ4v) is 2.31. The zero-order valence-corrected chi connectivity index (χ0v) is 10.5. The van der Waals surface area contributed by atoms with E-state index >= 15 is 0 Å². The molecule has 0 aliphatic carbocycles. The van der Waals surface area contributed by atoms with E-state index in [1.54, 1.807) is 0 Å². The number of rotatable bonds is 4. The third-order valence-electron chi connectivity index (χ3n) is 3.23. The summed E-state index contributed by atoms with van der Waals surface area (Å²) in [6.07, 6.45) is 1.18. The first kappa shape index (κ1) is 12.9. The fraction of sp³-hybridized carbons (Fsp3) is 1.00. The van der Waals surface area contributed by atoms with E-state index < -0.39 is 0 Å². The van der Waals surface area contributed by atoms with Crippen LogP contribution < -0.4 is 5.32 Å². The second kappa shape index (κ2) is 5.26. The Kier molecular flexibility index (Phi) is 4.53. The van der Waals surface area contributed by atoms with Crippen molar-refractivity contribution in [2.75, 3.05) is 26.3 Å². The van der Waals surface area contributed by atoms with Gasteiger partial charge in [-0.1, -0.05) is 13.8 Å². The Morgan fingerprint density at radius 2 is 2.13 bits per heavy atom. The molecule has 90 valence electrons. The van der Waals surface area contributed by atoms with E-state index in [0.29, 0.717) is 18.5 Å². The normalized spacial score (nSPS) is 27.2. The van der Waals surface area contributed by atoms with Gasteiger partial charge < -0.3 is 5.32 Å². The molecule has 0 aromatic carbocycles. The number of hydrogen-bond donors (Lipinski definition) is 1. The van der Waals surface area contributed by atoms with Gasteiger partial charge in [0.1, 0.15) is 6.67 Å². The number of nitrogens with one attached hydrogen (secondary N) is 1. The topological polar surface area (TPSA) is 15.3 Å². The largest absolute Gasteiger partial charge is 0.311 e. The predicted octanol–water partition coefficient (Wildman–Crippen LogP) is 2.05. The smallest absolute Gasteiger partial charge is 0.102 e. The van der Waals surface area contributed by atoms with Crippen LogP contribution in [0.5, 0.6) is 0 Å². The molecule has 1 aliphatic rings. The van der Waals surface area contributed by atoms with Crippen LogP contribution in [-0.2, 0) is 0 Å². The third-order valence-corrected chi connectivity index (χ3v) is 3.23. The molecule has 15 heavy (non-hydrogen) atoms. The minimum absolute atomic E-state index is 0.0968. The molecule has 0 bridgehead atoms. The molecule has 0 saturated carbocycles. The Morgan fingerprint density at radius 3 is 2.67 bits per heavy atom. The molecule has 0 amide bonds. The lowest BCUT2D eigenvalue weighted by molar-refractivity contribution is 0.0554. The summed E-state index contributed by atoms with van der Waals surface area (Å²) in [5.74, 6) is 0.705. The van der Waals surface area contributed by atoms with Crippen LogP contribution in [0.3, 0.4) is 0 Å². The quantitative estimate of drug-likeness (QED) is 0.774. The van der Waals surface area contributed by atoms with Gasteiger partial charge in [0.15, 0.2) is 0 Å². The summed E-state index contributed by atoms with van der Waals surface area (Å²) in [5.41, 5.74) is 0.0968. The molecule has 1 rings (SSSR count). The maximum Gasteiger partial charge on any atom is 0.102 e. The van der Waals surface area contributed by atoms with Gasteiger partial charge in [-0.15, -0.1) is 0 Å². The second-order valence-corrected chi connectivity index (χ2v) is 5.65. The molecule has 1 atom stereocenters. The second-order valence-electron chi connectivity index (χ2n) is 5.65. The third kappa shape index (κ3) is 3.72. The highest BCUT2D eigenvalue weighted by molar-refractivity contribution is 4.92. The van der Waals surface area contributed by atoms with Gasteiger partial charge in [-0.05, 0) is 26.2 Å². The average Bonchev–Trinajstić information content (AvgIpc) is 2.11. The molecule has 2 nitrogen and oxygen atoms in total. The summed E-state index contributed by atoms with van der Waals surface area (Å²) in [6.45, 7) is 11.1. The van der Waals surface area contributed by atoms with Crippen LogP contribution in [-0.4, -0.2) is 42.8 Å². The Labute approximate surface area is 93.2 Å². The zero-order chi connectivity index (χ0) is 11.5. The summed E-state index contributed by atoms with van der Waals surface area (Å²) in [4.78, 5) is 2.27. The Bertz CT molecular complexity index is 192. The molecular formula is C12H25FN2. The summed E-state index contributed by atoms with van der Waals surface area (Å²) in [5, 5.41) is 3.56. The van der Waals surface area contributed by atoms with Crippen molar-refractivity contribution in [3.63, 3.8) is 0 Å². The van der Waals surface area contributed by atoms with Crippen LogP contribution in [0.15, 0.2) is 0 Å². The molecular weight excluding hydrogens is 191 g/mol. The van der Waals surface area contributed by atoms with Crippen molar-refractivity contribution < 1.29 is 4.39 Å². The van der Waals surface area contributed by atoms with Crippen molar-refractivity contribution in [1.29, 1.82) is 0 Å². The molecule has 1 heterocycles. The van der Waals surface area contributed by atoms with Gasteiger partial charge in [0.05, 0.1) is 0 Å². The molecule has 0 spiro atoms. The standard InChI is InChI=1S/C12H25FN2/c1-10(2)7-11-8-15(6-5-13)12(3,4)9-14-11/h10-11,14H,5-9H2,1-4H3. The molecule has 1 saturated heterocycles. The summed E-state index contributed by atoms with van der Waals surface area (Å²) in [6, 6.07) is 0.532. The first-order chi connectivity index (χ1) is 6.95. The van der Waals surface area contributed by atoms with Crippen molar-refractivity contribution in [2.24, 2.45) is 5.92 Å². The van der Waals surface area contributed by atoms with Gasteiger partial charge in [0.2, 0.25) is 0 Å². The van der Waals surface area contributed by atoms with Gasteiger partial charge in [-0.2, -0.15) is 0 Å². The minimum Gasteiger partial charge on any atom is -0.311 e. The Morgan fingerprint density at radius 1 is 1.47 bits per heavy atom. The number of nitrogens with zero attached hydrogens (tertiary/aromatic N) is 1. The predicted molar refractivity (Wildman–Crippen MR) is 62.9 cm³/mol. The van der Waals surface area contributed by atoms with Gasteiger partial charge in [-0.3, -0.25) is 4.90 Å².